The van der Waals surface area contributed by atoms with Gasteiger partial charge in [-0.25, -0.2) is 0 Å². The molecule has 1 saturated heterocycles. The summed E-state index contributed by atoms with van der Waals surface area (Å²) < 4.78 is 0. The van der Waals surface area contributed by atoms with Crippen LogP contribution in [0.4, 0.5) is 0 Å². The Labute approximate surface area is 128 Å². The summed E-state index contributed by atoms with van der Waals surface area (Å²) in [6.45, 7) is 7.92. The van der Waals surface area contributed by atoms with E-state index in [-0.39, 0.29) is 0 Å². The second-order valence-corrected chi connectivity index (χ2v) is 6.14. The van der Waals surface area contributed by atoms with Gasteiger partial charge < -0.3 is 4.90 Å². The molecule has 2 aromatic carbocycles. The van der Waals surface area contributed by atoms with E-state index in [0.717, 1.165) is 6.54 Å². The number of hydrogen-bond donors (Lipinski definition) is 0. The Balaban J connectivity index is 1.65. The number of likely N-dealkylation sites (N-methyl/N-ethyl adjacent to an activating group) is 1. The molecule has 1 heterocycles. The summed E-state index contributed by atoms with van der Waals surface area (Å²) in [6.07, 6.45) is 0. The Morgan fingerprint density at radius 3 is 1.86 bits per heavy atom. The molecule has 0 N–H and O–H groups in total. The molecule has 0 bridgehead atoms. The first-order valence-electron chi connectivity index (χ1n) is 7.77. The summed E-state index contributed by atoms with van der Waals surface area (Å²) in [5, 5.41) is 0. The average Bonchev–Trinajstić information content (AvgIpc) is 2.51. The second-order valence-electron chi connectivity index (χ2n) is 6.14. The van der Waals surface area contributed by atoms with Crippen LogP contribution in [0.2, 0.25) is 0 Å². The number of aryl methyl sites for hydroxylation is 1. The summed E-state index contributed by atoms with van der Waals surface area (Å²) >= 11 is 0. The van der Waals surface area contributed by atoms with Gasteiger partial charge in [0, 0.05) is 32.7 Å². The molecule has 0 spiro atoms. The van der Waals surface area contributed by atoms with E-state index in [9.17, 15) is 0 Å². The van der Waals surface area contributed by atoms with E-state index < -0.39 is 0 Å². The monoisotopic (exact) mass is 280 g/mol. The van der Waals surface area contributed by atoms with Gasteiger partial charge in [-0.1, -0.05) is 54.1 Å². The minimum atomic E-state index is 1.07. The Kier molecular flexibility index (Phi) is 4.37. The molecule has 0 atom stereocenters. The highest BCUT2D eigenvalue weighted by Crippen LogP contribution is 2.21. The molecule has 0 aliphatic carbocycles. The molecule has 110 valence electrons. The maximum Gasteiger partial charge on any atom is 0.0234 e. The van der Waals surface area contributed by atoms with E-state index in [1.165, 1.54) is 48.4 Å². The molecule has 2 nitrogen and oxygen atoms in total. The number of hydrogen-bond acceptors (Lipinski definition) is 2. The molecule has 0 amide bonds. The van der Waals surface area contributed by atoms with E-state index in [0.29, 0.717) is 0 Å². The van der Waals surface area contributed by atoms with E-state index >= 15 is 0 Å². The third-order valence-corrected chi connectivity index (χ3v) is 4.34. The normalized spacial score (nSPS) is 17.0. The minimum absolute atomic E-state index is 1.07. The summed E-state index contributed by atoms with van der Waals surface area (Å²) in [4.78, 5) is 4.94. The van der Waals surface area contributed by atoms with Crippen molar-refractivity contribution in [3.05, 3.63) is 59.7 Å². The van der Waals surface area contributed by atoms with Gasteiger partial charge in [-0.15, -0.1) is 0 Å². The fourth-order valence-corrected chi connectivity index (χ4v) is 2.81. The maximum atomic E-state index is 2.54. The van der Waals surface area contributed by atoms with Crippen LogP contribution in [0, 0.1) is 6.92 Å². The lowest BCUT2D eigenvalue weighted by Gasteiger charge is -2.32. The lowest BCUT2D eigenvalue weighted by atomic mass is 10.0. The van der Waals surface area contributed by atoms with Crippen molar-refractivity contribution in [2.45, 2.75) is 13.5 Å². The van der Waals surface area contributed by atoms with Crippen molar-refractivity contribution in [1.82, 2.24) is 9.80 Å². The van der Waals surface area contributed by atoms with Crippen molar-refractivity contribution < 1.29 is 0 Å². The number of rotatable bonds is 3. The van der Waals surface area contributed by atoms with Crippen LogP contribution in [-0.2, 0) is 6.54 Å². The van der Waals surface area contributed by atoms with Crippen molar-refractivity contribution in [3.8, 4) is 11.1 Å². The van der Waals surface area contributed by atoms with Gasteiger partial charge in [-0.2, -0.15) is 0 Å². The molecule has 2 aromatic rings. The predicted molar refractivity (Wildman–Crippen MR) is 89.4 cm³/mol. The lowest BCUT2D eigenvalue weighted by Crippen LogP contribution is -2.43. The molecular formula is C19H24N2. The lowest BCUT2D eigenvalue weighted by molar-refractivity contribution is 0.148. The van der Waals surface area contributed by atoms with Crippen molar-refractivity contribution >= 4 is 0 Å². The van der Waals surface area contributed by atoms with Crippen LogP contribution in [0.3, 0.4) is 0 Å². The van der Waals surface area contributed by atoms with E-state index in [1.54, 1.807) is 0 Å². The Morgan fingerprint density at radius 2 is 1.29 bits per heavy atom. The first kappa shape index (κ1) is 14.3. The smallest absolute Gasteiger partial charge is 0.0234 e. The summed E-state index contributed by atoms with van der Waals surface area (Å²) in [7, 11) is 2.20. The zero-order valence-corrected chi connectivity index (χ0v) is 13.0. The highest BCUT2D eigenvalue weighted by Gasteiger charge is 2.13. The highest BCUT2D eigenvalue weighted by atomic mass is 15.2. The third kappa shape index (κ3) is 3.72. The topological polar surface area (TPSA) is 6.48 Å². The van der Waals surface area contributed by atoms with Gasteiger partial charge in [0.2, 0.25) is 0 Å². The van der Waals surface area contributed by atoms with Gasteiger partial charge in [0.15, 0.2) is 0 Å². The van der Waals surface area contributed by atoms with E-state index in [4.69, 9.17) is 0 Å². The van der Waals surface area contributed by atoms with Crippen LogP contribution in [0.15, 0.2) is 48.5 Å². The maximum absolute atomic E-state index is 2.54. The fourth-order valence-electron chi connectivity index (χ4n) is 2.81. The molecule has 21 heavy (non-hydrogen) atoms. The second kappa shape index (κ2) is 6.42. The predicted octanol–water partition coefficient (Wildman–Crippen LogP) is 3.41. The van der Waals surface area contributed by atoms with Crippen LogP contribution >= 0.6 is 0 Å². The molecule has 1 aliphatic rings. The van der Waals surface area contributed by atoms with Crippen molar-refractivity contribution in [2.24, 2.45) is 0 Å². The molecule has 2 heteroatoms. The van der Waals surface area contributed by atoms with Crippen LogP contribution in [0.5, 0.6) is 0 Å². The van der Waals surface area contributed by atoms with E-state index in [1.807, 2.05) is 0 Å². The van der Waals surface area contributed by atoms with Gasteiger partial charge in [0.05, 0.1) is 0 Å². The van der Waals surface area contributed by atoms with Crippen LogP contribution in [-0.4, -0.2) is 43.0 Å². The van der Waals surface area contributed by atoms with Crippen LogP contribution < -0.4 is 0 Å². The quantitative estimate of drug-likeness (QED) is 0.850. The zero-order chi connectivity index (χ0) is 14.7. The Bertz CT molecular complexity index is 564. The van der Waals surface area contributed by atoms with Gasteiger partial charge in [0.1, 0.15) is 0 Å². The van der Waals surface area contributed by atoms with E-state index in [2.05, 4.69) is 72.3 Å². The summed E-state index contributed by atoms with van der Waals surface area (Å²) in [5.74, 6) is 0. The molecule has 0 aromatic heterocycles. The van der Waals surface area contributed by atoms with Gasteiger partial charge in [-0.05, 0) is 30.7 Å². The number of piperazine rings is 1. The van der Waals surface area contributed by atoms with Crippen LogP contribution in [0.25, 0.3) is 11.1 Å². The Hall–Kier alpha value is -1.64. The van der Waals surface area contributed by atoms with Gasteiger partial charge in [0.25, 0.3) is 0 Å². The summed E-state index contributed by atoms with van der Waals surface area (Å²) in [5.41, 5.74) is 5.32. The molecule has 0 saturated carbocycles. The van der Waals surface area contributed by atoms with Crippen LogP contribution in [0.1, 0.15) is 11.1 Å². The zero-order valence-electron chi connectivity index (χ0n) is 13.0. The minimum Gasteiger partial charge on any atom is -0.304 e. The summed E-state index contributed by atoms with van der Waals surface area (Å²) in [6, 6.07) is 17.8. The SMILES string of the molecule is Cc1ccc(-c2ccc(CN3CCN(C)CC3)cc2)cc1. The van der Waals surface area contributed by atoms with Crippen molar-refractivity contribution in [3.63, 3.8) is 0 Å². The standard InChI is InChI=1S/C19H24N2/c1-16-3-7-18(8-4-16)19-9-5-17(6-10-19)15-21-13-11-20(2)12-14-21/h3-10H,11-15H2,1-2H3. The molecule has 0 radical (unpaired) electrons. The average molecular weight is 280 g/mol. The largest absolute Gasteiger partial charge is 0.304 e. The third-order valence-electron chi connectivity index (χ3n) is 4.34. The molecular weight excluding hydrogens is 256 g/mol. The van der Waals surface area contributed by atoms with Crippen molar-refractivity contribution in [2.75, 3.05) is 33.2 Å². The Morgan fingerprint density at radius 1 is 0.762 bits per heavy atom. The molecule has 1 aliphatic heterocycles. The molecule has 3 rings (SSSR count). The highest BCUT2D eigenvalue weighted by molar-refractivity contribution is 5.63. The molecule has 1 fully saturated rings. The first-order valence-corrected chi connectivity index (χ1v) is 7.77. The molecule has 0 unspecified atom stereocenters. The first-order chi connectivity index (χ1) is 10.2. The fraction of sp³-hybridized carbons (Fsp3) is 0.368. The van der Waals surface area contributed by atoms with Gasteiger partial charge in [-0.3, -0.25) is 4.90 Å². The van der Waals surface area contributed by atoms with Gasteiger partial charge >= 0.3 is 0 Å². The number of nitrogens with zero attached hydrogens (tertiary/aromatic N) is 2. The van der Waals surface area contributed by atoms with Crippen molar-refractivity contribution in [1.29, 1.82) is 0 Å². The number of benzene rings is 2.